The Morgan fingerprint density at radius 1 is 1.73 bits per heavy atom. The fourth-order valence-electron chi connectivity index (χ4n) is 0.967. The number of carbonyl (C=O) groups is 1. The third-order valence-corrected chi connectivity index (χ3v) is 2.36. The van der Waals surface area contributed by atoms with Crippen molar-refractivity contribution in [2.45, 2.75) is 6.92 Å². The van der Waals surface area contributed by atoms with Crippen molar-refractivity contribution in [2.75, 3.05) is 18.9 Å². The third kappa shape index (κ3) is 3.03. The molecular formula is C9H12N2O3S. The van der Waals surface area contributed by atoms with Crippen molar-refractivity contribution in [3.05, 3.63) is 16.6 Å². The van der Waals surface area contributed by atoms with E-state index >= 15 is 0 Å². The van der Waals surface area contributed by atoms with Crippen molar-refractivity contribution in [1.29, 1.82) is 0 Å². The maximum Gasteiger partial charge on any atom is 0.358 e. The molecule has 0 fully saturated rings. The zero-order valence-corrected chi connectivity index (χ0v) is 9.08. The van der Waals surface area contributed by atoms with Crippen molar-refractivity contribution < 1.29 is 14.6 Å². The van der Waals surface area contributed by atoms with Crippen LogP contribution in [-0.4, -0.2) is 29.3 Å². The summed E-state index contributed by atoms with van der Waals surface area (Å²) >= 11 is 1.18. The number of aliphatic hydroxyl groups excluding tert-OH is 1. The molecule has 0 saturated heterocycles. The summed E-state index contributed by atoms with van der Waals surface area (Å²) in [6.07, 6.45) is 3.11. The molecule has 0 unspecified atom stereocenters. The van der Waals surface area contributed by atoms with Crippen LogP contribution in [0.3, 0.4) is 0 Å². The van der Waals surface area contributed by atoms with E-state index in [2.05, 4.69) is 4.98 Å². The highest BCUT2D eigenvalue weighted by Crippen LogP contribution is 2.22. The third-order valence-electron chi connectivity index (χ3n) is 1.51. The first-order valence-corrected chi connectivity index (χ1v) is 5.21. The van der Waals surface area contributed by atoms with Crippen LogP contribution < -0.4 is 5.73 Å². The molecule has 6 heteroatoms. The Labute approximate surface area is 91.2 Å². The molecule has 82 valence electrons. The van der Waals surface area contributed by atoms with Crippen LogP contribution in [0.2, 0.25) is 0 Å². The number of nitrogen functional groups attached to an aromatic ring is 1. The Morgan fingerprint density at radius 3 is 3.07 bits per heavy atom. The summed E-state index contributed by atoms with van der Waals surface area (Å²) in [5.41, 5.74) is 5.69. The number of esters is 1. The Morgan fingerprint density at radius 2 is 2.47 bits per heavy atom. The number of thiazole rings is 1. The molecule has 0 saturated carbocycles. The molecule has 0 bridgehead atoms. The number of ether oxygens (including phenoxy) is 1. The van der Waals surface area contributed by atoms with E-state index in [1.807, 2.05) is 0 Å². The molecule has 0 radical (unpaired) electrons. The zero-order chi connectivity index (χ0) is 11.3. The van der Waals surface area contributed by atoms with Crippen LogP contribution in [-0.2, 0) is 4.74 Å². The number of hydrogen-bond donors (Lipinski definition) is 2. The molecule has 0 aliphatic rings. The minimum atomic E-state index is -0.497. The molecule has 0 atom stereocenters. The molecule has 3 N–H and O–H groups in total. The molecule has 1 aromatic rings. The quantitative estimate of drug-likeness (QED) is 0.748. The molecule has 5 nitrogen and oxygen atoms in total. The van der Waals surface area contributed by atoms with E-state index in [4.69, 9.17) is 15.6 Å². The summed E-state index contributed by atoms with van der Waals surface area (Å²) in [6.45, 7) is 1.91. The Balaban J connectivity index is 2.95. The number of hydrogen-bond acceptors (Lipinski definition) is 6. The summed E-state index contributed by atoms with van der Waals surface area (Å²) < 4.78 is 4.82. The van der Waals surface area contributed by atoms with Crippen LogP contribution in [0.1, 0.15) is 22.3 Å². The Hall–Kier alpha value is -1.40. The van der Waals surface area contributed by atoms with Gasteiger partial charge in [-0.25, -0.2) is 9.78 Å². The molecule has 1 rings (SSSR count). The molecule has 0 amide bonds. The van der Waals surface area contributed by atoms with Gasteiger partial charge in [0.15, 0.2) is 10.8 Å². The highest BCUT2D eigenvalue weighted by atomic mass is 32.1. The largest absolute Gasteiger partial charge is 0.461 e. The van der Waals surface area contributed by atoms with Gasteiger partial charge in [0.25, 0.3) is 0 Å². The normalized spacial score (nSPS) is 10.8. The summed E-state index contributed by atoms with van der Waals surface area (Å²) in [4.78, 5) is 15.9. The van der Waals surface area contributed by atoms with E-state index in [9.17, 15) is 4.79 Å². The number of aliphatic hydroxyl groups is 1. The maximum atomic E-state index is 11.4. The SMILES string of the molecule is CCOC(=O)c1nc(N)sc1C=CCO. The summed E-state index contributed by atoms with van der Waals surface area (Å²) in [7, 11) is 0. The summed E-state index contributed by atoms with van der Waals surface area (Å²) in [6, 6.07) is 0. The lowest BCUT2D eigenvalue weighted by Gasteiger charge is -1.98. The van der Waals surface area contributed by atoms with Crippen LogP contribution in [0, 0.1) is 0 Å². The van der Waals surface area contributed by atoms with Gasteiger partial charge in [-0.1, -0.05) is 17.4 Å². The van der Waals surface area contributed by atoms with Gasteiger partial charge in [-0.2, -0.15) is 0 Å². The molecule has 1 aromatic heterocycles. The van der Waals surface area contributed by atoms with Crippen LogP contribution in [0.15, 0.2) is 6.08 Å². The lowest BCUT2D eigenvalue weighted by Crippen LogP contribution is -2.06. The van der Waals surface area contributed by atoms with Gasteiger partial charge >= 0.3 is 5.97 Å². The Kier molecular flexibility index (Phi) is 4.26. The number of nitrogens with two attached hydrogens (primary N) is 1. The molecule has 0 aliphatic carbocycles. The number of rotatable bonds is 4. The topological polar surface area (TPSA) is 85.4 Å². The first-order chi connectivity index (χ1) is 7.19. The monoisotopic (exact) mass is 228 g/mol. The van der Waals surface area contributed by atoms with Gasteiger partial charge in [-0.05, 0) is 13.0 Å². The molecule has 0 spiro atoms. The summed E-state index contributed by atoms with van der Waals surface area (Å²) in [5.74, 6) is -0.497. The minimum absolute atomic E-state index is 0.0972. The van der Waals surface area contributed by atoms with Gasteiger partial charge in [0.05, 0.1) is 18.1 Å². The number of anilines is 1. The molecule has 1 heterocycles. The highest BCUT2D eigenvalue weighted by Gasteiger charge is 2.16. The van der Waals surface area contributed by atoms with E-state index in [1.165, 1.54) is 17.4 Å². The highest BCUT2D eigenvalue weighted by molar-refractivity contribution is 7.16. The number of carbonyl (C=O) groups excluding carboxylic acids is 1. The van der Waals surface area contributed by atoms with Crippen LogP contribution in [0.4, 0.5) is 5.13 Å². The van der Waals surface area contributed by atoms with E-state index in [1.54, 1.807) is 13.0 Å². The van der Waals surface area contributed by atoms with E-state index in [-0.39, 0.29) is 12.3 Å². The molecule has 15 heavy (non-hydrogen) atoms. The molecular weight excluding hydrogens is 216 g/mol. The average molecular weight is 228 g/mol. The first-order valence-electron chi connectivity index (χ1n) is 4.39. The first kappa shape index (κ1) is 11.7. The fraction of sp³-hybridized carbons (Fsp3) is 0.333. The van der Waals surface area contributed by atoms with Gasteiger partial charge in [0.1, 0.15) is 0 Å². The number of aromatic nitrogens is 1. The van der Waals surface area contributed by atoms with Gasteiger partial charge in [-0.3, -0.25) is 0 Å². The maximum absolute atomic E-state index is 11.4. The lowest BCUT2D eigenvalue weighted by molar-refractivity contribution is 0.0520. The lowest BCUT2D eigenvalue weighted by atomic mass is 10.3. The predicted octanol–water partition coefficient (Wildman–Crippen LogP) is 0.908. The smallest absolute Gasteiger partial charge is 0.358 e. The van der Waals surface area contributed by atoms with Crippen LogP contribution in [0.25, 0.3) is 6.08 Å². The van der Waals surface area contributed by atoms with Crippen LogP contribution in [0.5, 0.6) is 0 Å². The van der Waals surface area contributed by atoms with Gasteiger partial charge in [0.2, 0.25) is 0 Å². The van der Waals surface area contributed by atoms with Gasteiger partial charge < -0.3 is 15.6 Å². The second-order valence-corrected chi connectivity index (χ2v) is 3.63. The molecule has 0 aliphatic heterocycles. The second-order valence-electron chi connectivity index (χ2n) is 2.57. The zero-order valence-electron chi connectivity index (χ0n) is 8.27. The van der Waals surface area contributed by atoms with Gasteiger partial charge in [0, 0.05) is 0 Å². The fourth-order valence-corrected chi connectivity index (χ4v) is 1.72. The second kappa shape index (κ2) is 5.47. The molecule has 0 aromatic carbocycles. The van der Waals surface area contributed by atoms with Crippen molar-refractivity contribution in [1.82, 2.24) is 4.98 Å². The van der Waals surface area contributed by atoms with E-state index in [0.29, 0.717) is 16.6 Å². The Bertz CT molecular complexity index is 373. The standard InChI is InChI=1S/C9H12N2O3S/c1-2-14-8(13)7-6(4-3-5-12)15-9(10)11-7/h3-4,12H,2,5H2,1H3,(H2,10,11). The minimum Gasteiger partial charge on any atom is -0.461 e. The van der Waals surface area contributed by atoms with Crippen LogP contribution >= 0.6 is 11.3 Å². The van der Waals surface area contributed by atoms with Crippen molar-refractivity contribution in [3.63, 3.8) is 0 Å². The average Bonchev–Trinajstić information content (AvgIpc) is 2.57. The van der Waals surface area contributed by atoms with E-state index < -0.39 is 5.97 Å². The summed E-state index contributed by atoms with van der Waals surface area (Å²) in [5, 5.41) is 8.92. The van der Waals surface area contributed by atoms with Crippen molar-refractivity contribution >= 4 is 28.5 Å². The van der Waals surface area contributed by atoms with E-state index in [0.717, 1.165) is 0 Å². The van der Waals surface area contributed by atoms with Crippen molar-refractivity contribution in [3.8, 4) is 0 Å². The van der Waals surface area contributed by atoms with Crippen molar-refractivity contribution in [2.24, 2.45) is 0 Å². The predicted molar refractivity (Wildman–Crippen MR) is 58.6 cm³/mol. The number of nitrogens with zero attached hydrogens (tertiary/aromatic N) is 1. The van der Waals surface area contributed by atoms with Gasteiger partial charge in [-0.15, -0.1) is 0 Å².